The van der Waals surface area contributed by atoms with E-state index in [4.69, 9.17) is 10.5 Å². The molecule has 0 aliphatic carbocycles. The van der Waals surface area contributed by atoms with Gasteiger partial charge in [0.2, 0.25) is 0 Å². The Kier molecular flexibility index (Phi) is 27.2. The van der Waals surface area contributed by atoms with E-state index in [2.05, 4.69) is 28.1 Å². The Labute approximate surface area is 232 Å². The van der Waals surface area contributed by atoms with E-state index < -0.39 is 20.5 Å². The number of carbonyl (C=O) groups is 1. The van der Waals surface area contributed by atoms with Crippen molar-refractivity contribution in [1.29, 1.82) is 0 Å². The number of unbranched alkanes of at least 4 members (excludes halogenated alkanes) is 17. The number of carbonyl (C=O) groups excluding carboxylic acids is 1. The average Bonchev–Trinajstić information content (AvgIpc) is 2.90. The van der Waals surface area contributed by atoms with Crippen molar-refractivity contribution >= 4 is 13.8 Å². The van der Waals surface area contributed by atoms with Gasteiger partial charge in [0.05, 0.1) is 13.2 Å². The smallest absolute Gasteiger partial charge is 0.463 e. The van der Waals surface area contributed by atoms with Gasteiger partial charge >= 0.3 is 13.8 Å². The number of esters is 1. The first kappa shape index (κ1) is 37.2. The summed E-state index contributed by atoms with van der Waals surface area (Å²) < 4.78 is 25.6. The maximum absolute atomic E-state index is 11.8. The van der Waals surface area contributed by atoms with Crippen molar-refractivity contribution < 1.29 is 33.1 Å². The van der Waals surface area contributed by atoms with Crippen molar-refractivity contribution in [1.82, 2.24) is 0 Å². The largest absolute Gasteiger partial charge is 0.472 e. The van der Waals surface area contributed by atoms with Crippen LogP contribution in [-0.2, 0) is 23.1 Å². The number of hydrogen-bond acceptors (Lipinski definition) is 7. The third kappa shape index (κ3) is 28.3. The highest BCUT2D eigenvalue weighted by Crippen LogP contribution is 2.42. The molecule has 4 N–H and O–H groups in total. The normalized spacial score (nSPS) is 14.1. The van der Waals surface area contributed by atoms with E-state index in [1.807, 2.05) is 0 Å². The van der Waals surface area contributed by atoms with Gasteiger partial charge in [0.1, 0.15) is 12.7 Å². The Hall–Kier alpha value is -0.760. The predicted octanol–water partition coefficient (Wildman–Crippen LogP) is 7.36. The monoisotopic (exact) mass is 563 g/mol. The second kappa shape index (κ2) is 27.8. The number of rotatable bonds is 29. The van der Waals surface area contributed by atoms with Gasteiger partial charge in [-0.05, 0) is 32.1 Å². The van der Waals surface area contributed by atoms with Crippen LogP contribution in [0.5, 0.6) is 0 Å². The van der Waals surface area contributed by atoms with Crippen LogP contribution in [0.2, 0.25) is 0 Å². The molecule has 0 aromatic rings. The molecule has 0 rings (SSSR count). The van der Waals surface area contributed by atoms with Crippen molar-refractivity contribution in [3.05, 3.63) is 12.2 Å². The SMILES string of the molecule is CCCCCCCCCC/C=C\CCCCCCCCCCCC(=O)OCC(O)COP(=O)(O)OCCN. The first-order valence-electron chi connectivity index (χ1n) is 15.2. The first-order valence-corrected chi connectivity index (χ1v) is 16.7. The van der Waals surface area contributed by atoms with E-state index in [0.29, 0.717) is 6.42 Å². The molecule has 0 saturated heterocycles. The van der Waals surface area contributed by atoms with Gasteiger partial charge in [0, 0.05) is 13.0 Å². The molecular weight excluding hydrogens is 505 g/mol. The molecule has 0 saturated carbocycles. The van der Waals surface area contributed by atoms with Crippen LogP contribution >= 0.6 is 7.82 Å². The Morgan fingerprint density at radius 1 is 0.763 bits per heavy atom. The van der Waals surface area contributed by atoms with Crippen molar-refractivity contribution in [3.8, 4) is 0 Å². The van der Waals surface area contributed by atoms with Crippen LogP contribution in [0, 0.1) is 0 Å². The van der Waals surface area contributed by atoms with Crippen LogP contribution in [0.1, 0.15) is 135 Å². The van der Waals surface area contributed by atoms with Crippen LogP contribution in [0.15, 0.2) is 12.2 Å². The maximum atomic E-state index is 11.8. The zero-order valence-electron chi connectivity index (χ0n) is 24.2. The lowest BCUT2D eigenvalue weighted by Gasteiger charge is -2.15. The van der Waals surface area contributed by atoms with Crippen molar-refractivity contribution in [2.24, 2.45) is 5.73 Å². The van der Waals surface area contributed by atoms with Gasteiger partial charge in [0.25, 0.3) is 0 Å². The highest BCUT2D eigenvalue weighted by molar-refractivity contribution is 7.47. The summed E-state index contributed by atoms with van der Waals surface area (Å²) in [5.41, 5.74) is 5.18. The first-order chi connectivity index (χ1) is 18.4. The van der Waals surface area contributed by atoms with Gasteiger partial charge in [-0.25, -0.2) is 4.57 Å². The molecule has 0 spiro atoms. The maximum Gasteiger partial charge on any atom is 0.472 e. The van der Waals surface area contributed by atoms with Gasteiger partial charge in [-0.3, -0.25) is 13.8 Å². The molecule has 0 heterocycles. The summed E-state index contributed by atoms with van der Waals surface area (Å²) in [5, 5.41) is 9.72. The van der Waals surface area contributed by atoms with E-state index >= 15 is 0 Å². The predicted molar refractivity (Wildman–Crippen MR) is 155 cm³/mol. The molecule has 0 aliphatic rings. The lowest BCUT2D eigenvalue weighted by Crippen LogP contribution is -2.23. The van der Waals surface area contributed by atoms with Crippen molar-refractivity contribution in [3.63, 3.8) is 0 Å². The summed E-state index contributed by atoms with van der Waals surface area (Å²) in [5.74, 6) is -0.387. The molecule has 2 unspecified atom stereocenters. The summed E-state index contributed by atoms with van der Waals surface area (Å²) in [4.78, 5) is 21.1. The summed E-state index contributed by atoms with van der Waals surface area (Å²) in [6.07, 6.45) is 27.9. The summed E-state index contributed by atoms with van der Waals surface area (Å²) in [7, 11) is -4.25. The summed E-state index contributed by atoms with van der Waals surface area (Å²) in [6, 6.07) is 0. The molecule has 0 aromatic heterocycles. The minimum Gasteiger partial charge on any atom is -0.463 e. The van der Waals surface area contributed by atoms with Gasteiger partial charge in [-0.2, -0.15) is 0 Å². The van der Waals surface area contributed by atoms with Crippen molar-refractivity contribution in [2.45, 2.75) is 141 Å². The number of aliphatic hydroxyl groups excluding tert-OH is 1. The number of phosphoric ester groups is 1. The Bertz CT molecular complexity index is 603. The molecule has 0 aliphatic heterocycles. The molecule has 0 bridgehead atoms. The summed E-state index contributed by atoms with van der Waals surface area (Å²) >= 11 is 0. The number of allylic oxidation sites excluding steroid dienone is 2. The number of nitrogens with two attached hydrogens (primary N) is 1. The van der Waals surface area contributed by atoms with Gasteiger partial charge in [0.15, 0.2) is 0 Å². The van der Waals surface area contributed by atoms with E-state index in [1.165, 1.54) is 103 Å². The standard InChI is InChI=1S/C29H58NO7P/c1-2-3-4-5-6-7-8-9-10-11-12-13-14-15-16-17-18-19-20-21-22-23-29(32)35-26-28(31)27-37-38(33,34)36-25-24-30/h11-12,28,31H,2-10,13-27,30H2,1H3,(H,33,34)/b12-11-. The highest BCUT2D eigenvalue weighted by atomic mass is 31.2. The van der Waals surface area contributed by atoms with Crippen LogP contribution in [0.25, 0.3) is 0 Å². The van der Waals surface area contributed by atoms with Crippen molar-refractivity contribution in [2.75, 3.05) is 26.4 Å². The Morgan fingerprint density at radius 3 is 1.74 bits per heavy atom. The van der Waals surface area contributed by atoms with Gasteiger partial charge in [-0.15, -0.1) is 0 Å². The molecular formula is C29H58NO7P. The van der Waals surface area contributed by atoms with Crippen LogP contribution in [0.3, 0.4) is 0 Å². The number of hydrogen-bond donors (Lipinski definition) is 3. The number of ether oxygens (including phenoxy) is 1. The highest BCUT2D eigenvalue weighted by Gasteiger charge is 2.22. The molecule has 0 aromatic carbocycles. The van der Waals surface area contributed by atoms with E-state index in [9.17, 15) is 19.4 Å². The molecule has 8 nitrogen and oxygen atoms in total. The fourth-order valence-electron chi connectivity index (χ4n) is 4.10. The van der Waals surface area contributed by atoms with E-state index in [-0.39, 0.29) is 25.7 Å². The number of aliphatic hydroxyl groups is 1. The molecule has 0 amide bonds. The minimum atomic E-state index is -4.25. The zero-order valence-corrected chi connectivity index (χ0v) is 25.1. The third-order valence-corrected chi connectivity index (χ3v) is 7.37. The topological polar surface area (TPSA) is 128 Å². The van der Waals surface area contributed by atoms with Crippen LogP contribution in [0.4, 0.5) is 0 Å². The third-order valence-electron chi connectivity index (χ3n) is 6.38. The van der Waals surface area contributed by atoms with Crippen LogP contribution < -0.4 is 5.73 Å². The second-order valence-corrected chi connectivity index (χ2v) is 11.6. The fourth-order valence-corrected chi connectivity index (χ4v) is 4.87. The van der Waals surface area contributed by atoms with Gasteiger partial charge < -0.3 is 20.5 Å². The fraction of sp³-hybridized carbons (Fsp3) is 0.897. The van der Waals surface area contributed by atoms with E-state index in [0.717, 1.165) is 19.3 Å². The average molecular weight is 564 g/mol. The zero-order chi connectivity index (χ0) is 28.2. The molecule has 38 heavy (non-hydrogen) atoms. The summed E-state index contributed by atoms with van der Waals surface area (Å²) in [6.45, 7) is 1.46. The van der Waals surface area contributed by atoms with Crippen LogP contribution in [-0.4, -0.2) is 48.4 Å². The Morgan fingerprint density at radius 2 is 1.24 bits per heavy atom. The van der Waals surface area contributed by atoms with E-state index in [1.54, 1.807) is 0 Å². The molecule has 226 valence electrons. The molecule has 2 atom stereocenters. The lowest BCUT2D eigenvalue weighted by molar-refractivity contribution is -0.147. The molecule has 0 radical (unpaired) electrons. The van der Waals surface area contributed by atoms with Gasteiger partial charge in [-0.1, -0.05) is 109 Å². The quantitative estimate of drug-likeness (QED) is 0.0373. The second-order valence-electron chi connectivity index (χ2n) is 10.2. The Balaban J connectivity index is 3.38. The molecule has 9 heteroatoms. The minimum absolute atomic E-state index is 0.0750. The molecule has 0 fully saturated rings. The lowest BCUT2D eigenvalue weighted by atomic mass is 10.1. The number of phosphoric acid groups is 1.